The molecule has 4 heteroatoms. The van der Waals surface area contributed by atoms with Crippen LogP contribution in [-0.4, -0.2) is 5.16 Å². The molecule has 1 aromatic carbocycles. The minimum atomic E-state index is 0.431. The fourth-order valence-corrected chi connectivity index (χ4v) is 4.79. The lowest BCUT2D eigenvalue weighted by molar-refractivity contribution is 0.322. The number of anilines is 1. The molecule has 0 radical (unpaired) electrons. The molecule has 2 N–H and O–H groups in total. The Bertz CT molecular complexity index is 667. The monoisotopic (exact) mass is 346 g/mol. The number of nitrogens with two attached hydrogens (primary N) is 1. The molecule has 110 valence electrons. The van der Waals surface area contributed by atoms with Crippen LogP contribution in [0.4, 0.5) is 5.88 Å². The molecule has 0 aliphatic heterocycles. The standard InChI is InChI=1S/C17H19BrN2O/c18-14-4-2-1-3-13(14)16-15(20-21-17(16)19)9-12-8-10-5-6-11(12)7-10/h1-4,10-12H,5-9,19H2. The van der Waals surface area contributed by atoms with E-state index in [0.29, 0.717) is 5.88 Å². The number of fused-ring (bicyclic) bond motifs is 2. The van der Waals surface area contributed by atoms with E-state index in [0.717, 1.165) is 45.5 Å². The third-order valence-electron chi connectivity index (χ3n) is 5.27. The van der Waals surface area contributed by atoms with Gasteiger partial charge in [-0.2, -0.15) is 0 Å². The van der Waals surface area contributed by atoms with Crippen molar-refractivity contribution < 1.29 is 4.52 Å². The number of nitrogen functional groups attached to an aromatic ring is 1. The van der Waals surface area contributed by atoms with Gasteiger partial charge in [-0.15, -0.1) is 0 Å². The second-order valence-corrected chi connectivity index (χ2v) is 7.34. The van der Waals surface area contributed by atoms with Crippen molar-refractivity contribution in [1.82, 2.24) is 5.16 Å². The van der Waals surface area contributed by atoms with Gasteiger partial charge in [-0.1, -0.05) is 45.7 Å². The Morgan fingerprint density at radius 2 is 2.10 bits per heavy atom. The average Bonchev–Trinajstić information content (AvgIpc) is 3.17. The van der Waals surface area contributed by atoms with Gasteiger partial charge in [-0.25, -0.2) is 0 Å². The SMILES string of the molecule is Nc1onc(CC2CC3CCC2C3)c1-c1ccccc1Br. The van der Waals surface area contributed by atoms with Crippen molar-refractivity contribution in [1.29, 1.82) is 0 Å². The van der Waals surface area contributed by atoms with Gasteiger partial charge >= 0.3 is 0 Å². The van der Waals surface area contributed by atoms with Crippen molar-refractivity contribution in [2.75, 3.05) is 5.73 Å². The second-order valence-electron chi connectivity index (χ2n) is 6.49. The molecule has 2 bridgehead atoms. The van der Waals surface area contributed by atoms with E-state index >= 15 is 0 Å². The molecule has 3 atom stereocenters. The van der Waals surface area contributed by atoms with Gasteiger partial charge in [0.15, 0.2) is 0 Å². The maximum atomic E-state index is 6.04. The summed E-state index contributed by atoms with van der Waals surface area (Å²) in [4.78, 5) is 0. The van der Waals surface area contributed by atoms with E-state index < -0.39 is 0 Å². The molecular weight excluding hydrogens is 328 g/mol. The van der Waals surface area contributed by atoms with E-state index in [1.54, 1.807) is 0 Å². The molecule has 2 aliphatic carbocycles. The van der Waals surface area contributed by atoms with Crippen LogP contribution in [0, 0.1) is 17.8 Å². The summed E-state index contributed by atoms with van der Waals surface area (Å²) in [7, 11) is 0. The van der Waals surface area contributed by atoms with Crippen molar-refractivity contribution in [2.24, 2.45) is 17.8 Å². The fourth-order valence-electron chi connectivity index (χ4n) is 4.30. The zero-order chi connectivity index (χ0) is 14.4. The summed E-state index contributed by atoms with van der Waals surface area (Å²) in [5, 5.41) is 4.26. The van der Waals surface area contributed by atoms with Crippen LogP contribution in [0.1, 0.15) is 31.4 Å². The lowest BCUT2D eigenvalue weighted by Crippen LogP contribution is -2.13. The van der Waals surface area contributed by atoms with Crippen LogP contribution in [0.5, 0.6) is 0 Å². The summed E-state index contributed by atoms with van der Waals surface area (Å²) >= 11 is 3.61. The summed E-state index contributed by atoms with van der Waals surface area (Å²) in [5.41, 5.74) is 9.12. The lowest BCUT2D eigenvalue weighted by atomic mass is 9.84. The minimum absolute atomic E-state index is 0.431. The largest absolute Gasteiger partial charge is 0.367 e. The first-order valence-corrected chi connectivity index (χ1v) is 8.50. The smallest absolute Gasteiger partial charge is 0.230 e. The van der Waals surface area contributed by atoms with E-state index in [1.807, 2.05) is 18.2 Å². The summed E-state index contributed by atoms with van der Waals surface area (Å²) in [6.45, 7) is 0. The van der Waals surface area contributed by atoms with Crippen molar-refractivity contribution >= 4 is 21.8 Å². The highest BCUT2D eigenvalue weighted by Gasteiger charge is 2.40. The number of benzene rings is 1. The summed E-state index contributed by atoms with van der Waals surface area (Å²) in [5.74, 6) is 3.03. The number of rotatable bonds is 3. The molecule has 3 unspecified atom stereocenters. The summed E-state index contributed by atoms with van der Waals surface area (Å²) < 4.78 is 6.34. The Hall–Kier alpha value is -1.29. The molecule has 3 nitrogen and oxygen atoms in total. The number of hydrogen-bond donors (Lipinski definition) is 1. The molecule has 2 aliphatic rings. The Balaban J connectivity index is 1.66. The third kappa shape index (κ3) is 2.30. The van der Waals surface area contributed by atoms with Crippen LogP contribution >= 0.6 is 15.9 Å². The van der Waals surface area contributed by atoms with Gasteiger partial charge in [-0.05, 0) is 49.5 Å². The predicted molar refractivity (Wildman–Crippen MR) is 86.7 cm³/mol. The van der Waals surface area contributed by atoms with Gasteiger partial charge in [0.2, 0.25) is 5.88 Å². The zero-order valence-electron chi connectivity index (χ0n) is 11.9. The zero-order valence-corrected chi connectivity index (χ0v) is 13.5. The second kappa shape index (κ2) is 5.16. The highest BCUT2D eigenvalue weighted by molar-refractivity contribution is 9.10. The Labute approximate surface area is 133 Å². The summed E-state index contributed by atoms with van der Waals surface area (Å²) in [6.07, 6.45) is 6.60. The van der Waals surface area contributed by atoms with Crippen LogP contribution in [0.25, 0.3) is 11.1 Å². The van der Waals surface area contributed by atoms with Gasteiger partial charge in [0.25, 0.3) is 0 Å². The molecular formula is C17H19BrN2O. The third-order valence-corrected chi connectivity index (χ3v) is 5.96. The van der Waals surface area contributed by atoms with Crippen LogP contribution in [-0.2, 0) is 6.42 Å². The van der Waals surface area contributed by atoms with Crippen LogP contribution in [0.3, 0.4) is 0 Å². The molecule has 21 heavy (non-hydrogen) atoms. The molecule has 1 aromatic heterocycles. The van der Waals surface area contributed by atoms with E-state index in [9.17, 15) is 0 Å². The number of hydrogen-bond acceptors (Lipinski definition) is 3. The molecule has 0 spiro atoms. The Morgan fingerprint density at radius 1 is 1.24 bits per heavy atom. The number of halogens is 1. The highest BCUT2D eigenvalue weighted by atomic mass is 79.9. The van der Waals surface area contributed by atoms with Crippen molar-refractivity contribution in [3.8, 4) is 11.1 Å². The highest BCUT2D eigenvalue weighted by Crippen LogP contribution is 2.50. The van der Waals surface area contributed by atoms with Crippen molar-refractivity contribution in [3.05, 3.63) is 34.4 Å². The molecule has 4 rings (SSSR count). The van der Waals surface area contributed by atoms with Gasteiger partial charge < -0.3 is 10.3 Å². The maximum absolute atomic E-state index is 6.04. The quantitative estimate of drug-likeness (QED) is 0.878. The number of aromatic nitrogens is 1. The van der Waals surface area contributed by atoms with E-state index in [-0.39, 0.29) is 0 Å². The average molecular weight is 347 g/mol. The van der Waals surface area contributed by atoms with Crippen molar-refractivity contribution in [3.63, 3.8) is 0 Å². The molecule has 0 saturated heterocycles. The van der Waals surface area contributed by atoms with Gasteiger partial charge in [0.1, 0.15) is 0 Å². The molecule has 0 amide bonds. The van der Waals surface area contributed by atoms with Crippen LogP contribution in [0.2, 0.25) is 0 Å². The fraction of sp³-hybridized carbons (Fsp3) is 0.471. The van der Waals surface area contributed by atoms with Crippen molar-refractivity contribution in [2.45, 2.75) is 32.1 Å². The lowest BCUT2D eigenvalue weighted by Gasteiger charge is -2.20. The van der Waals surface area contributed by atoms with E-state index in [2.05, 4.69) is 27.2 Å². The van der Waals surface area contributed by atoms with Gasteiger partial charge in [0.05, 0.1) is 11.3 Å². The first-order valence-electron chi connectivity index (χ1n) is 7.71. The Morgan fingerprint density at radius 3 is 2.81 bits per heavy atom. The van der Waals surface area contributed by atoms with Gasteiger partial charge in [-0.3, -0.25) is 0 Å². The van der Waals surface area contributed by atoms with Crippen LogP contribution < -0.4 is 5.73 Å². The molecule has 2 aromatic rings. The normalized spacial score (nSPS) is 27.4. The molecule has 2 saturated carbocycles. The van der Waals surface area contributed by atoms with E-state index in [1.165, 1.54) is 25.7 Å². The molecule has 1 heterocycles. The first-order chi connectivity index (χ1) is 10.2. The van der Waals surface area contributed by atoms with E-state index in [4.69, 9.17) is 10.3 Å². The van der Waals surface area contributed by atoms with Crippen LogP contribution in [0.15, 0.2) is 33.3 Å². The minimum Gasteiger partial charge on any atom is -0.367 e. The summed E-state index contributed by atoms with van der Waals surface area (Å²) in [6, 6.07) is 8.13. The molecule has 2 fully saturated rings. The first kappa shape index (κ1) is 13.4. The topological polar surface area (TPSA) is 52.0 Å². The number of nitrogens with zero attached hydrogens (tertiary/aromatic N) is 1. The predicted octanol–water partition coefficient (Wildman–Crippen LogP) is 4.67. The maximum Gasteiger partial charge on any atom is 0.230 e. The van der Waals surface area contributed by atoms with Gasteiger partial charge in [0, 0.05) is 10.0 Å². The Kier molecular flexibility index (Phi) is 3.29.